The largest absolute Gasteiger partial charge is 0.325 e. The molecule has 2 fully saturated rings. The second-order valence-corrected chi connectivity index (χ2v) is 7.76. The van der Waals surface area contributed by atoms with Crippen LogP contribution in [-0.4, -0.2) is 75.0 Å². The highest BCUT2D eigenvalue weighted by Gasteiger charge is 2.42. The van der Waals surface area contributed by atoms with Crippen LogP contribution in [0.25, 0.3) is 0 Å². The molecule has 0 aliphatic carbocycles. The van der Waals surface area contributed by atoms with E-state index in [2.05, 4.69) is 23.9 Å². The van der Waals surface area contributed by atoms with Crippen LogP contribution in [0.2, 0.25) is 0 Å². The van der Waals surface area contributed by atoms with Crippen LogP contribution >= 0.6 is 0 Å². The summed E-state index contributed by atoms with van der Waals surface area (Å²) in [7, 11) is 1.20. The zero-order valence-electron chi connectivity index (χ0n) is 10.7. The molecule has 0 aromatic rings. The first-order valence-electron chi connectivity index (χ1n) is 6.25. The van der Waals surface area contributed by atoms with Crippen LogP contribution < -0.4 is 5.73 Å². The summed E-state index contributed by atoms with van der Waals surface area (Å²) in [6.45, 7) is 1.98. The maximum atomic E-state index is 11.6. The monoisotopic (exact) mass is 261 g/mol. The topological polar surface area (TPSA) is 66.6 Å². The van der Waals surface area contributed by atoms with Crippen molar-refractivity contribution < 1.29 is 8.42 Å². The fourth-order valence-corrected chi connectivity index (χ4v) is 5.01. The predicted octanol–water partition coefficient (Wildman–Crippen LogP) is -0.863. The second kappa shape index (κ2) is 4.84. The third-order valence-electron chi connectivity index (χ3n) is 3.79. The third-order valence-corrected chi connectivity index (χ3v) is 5.53. The molecule has 100 valence electrons. The van der Waals surface area contributed by atoms with Gasteiger partial charge in [0.15, 0.2) is 9.84 Å². The van der Waals surface area contributed by atoms with Crippen molar-refractivity contribution in [2.45, 2.75) is 31.0 Å². The fourth-order valence-electron chi connectivity index (χ4n) is 3.11. The van der Waals surface area contributed by atoms with Gasteiger partial charge >= 0.3 is 0 Å². The Hall–Kier alpha value is -0.170. The van der Waals surface area contributed by atoms with Crippen LogP contribution in [0, 0.1) is 0 Å². The van der Waals surface area contributed by atoms with Crippen LogP contribution in [0.15, 0.2) is 0 Å². The summed E-state index contributed by atoms with van der Waals surface area (Å²) >= 11 is 0. The first kappa shape index (κ1) is 13.3. The van der Waals surface area contributed by atoms with Gasteiger partial charge in [0.2, 0.25) is 0 Å². The molecule has 0 aromatic heterocycles. The lowest BCUT2D eigenvalue weighted by Gasteiger charge is -2.33. The number of likely N-dealkylation sites (N-methyl/N-ethyl adjacent to an activating group) is 1. The Bertz CT molecular complexity index is 369. The van der Waals surface area contributed by atoms with Gasteiger partial charge in [0.05, 0.1) is 11.5 Å². The van der Waals surface area contributed by atoms with Crippen LogP contribution in [0.1, 0.15) is 12.8 Å². The Morgan fingerprint density at radius 2 is 2.06 bits per heavy atom. The molecule has 2 aliphatic rings. The molecule has 2 saturated heterocycles. The Kier molecular flexibility index (Phi) is 3.77. The van der Waals surface area contributed by atoms with Crippen molar-refractivity contribution in [2.75, 3.05) is 38.7 Å². The lowest BCUT2D eigenvalue weighted by molar-refractivity contribution is 0.154. The van der Waals surface area contributed by atoms with Gasteiger partial charge in [-0.15, -0.1) is 0 Å². The normalized spacial score (nSPS) is 38.0. The molecule has 3 atom stereocenters. The quantitative estimate of drug-likeness (QED) is 0.716. The molecule has 0 radical (unpaired) electrons. The highest BCUT2D eigenvalue weighted by Crippen LogP contribution is 2.26. The Morgan fingerprint density at radius 1 is 1.35 bits per heavy atom. The van der Waals surface area contributed by atoms with Crippen LogP contribution in [0.4, 0.5) is 0 Å². The van der Waals surface area contributed by atoms with Gasteiger partial charge in [-0.2, -0.15) is 0 Å². The van der Waals surface area contributed by atoms with Gasteiger partial charge in [0.25, 0.3) is 0 Å². The van der Waals surface area contributed by atoms with E-state index in [1.54, 1.807) is 0 Å². The summed E-state index contributed by atoms with van der Waals surface area (Å²) in [5, 5.41) is 0. The lowest BCUT2D eigenvalue weighted by atomic mass is 10.1. The van der Waals surface area contributed by atoms with Gasteiger partial charge in [-0.05, 0) is 33.5 Å². The predicted molar refractivity (Wildman–Crippen MR) is 68.7 cm³/mol. The van der Waals surface area contributed by atoms with E-state index in [0.717, 1.165) is 25.9 Å². The SMILES string of the molecule is CN(C)CC1CCCN1C1CS(=O)(=O)CC1N. The zero-order valence-corrected chi connectivity index (χ0v) is 11.5. The number of likely N-dealkylation sites (tertiary alicyclic amines) is 1. The molecule has 0 amide bonds. The zero-order chi connectivity index (χ0) is 12.6. The fraction of sp³-hybridized carbons (Fsp3) is 1.00. The number of rotatable bonds is 3. The highest BCUT2D eigenvalue weighted by atomic mass is 32.2. The smallest absolute Gasteiger partial charge is 0.153 e. The number of nitrogens with two attached hydrogens (primary N) is 1. The first-order valence-corrected chi connectivity index (χ1v) is 8.07. The van der Waals surface area contributed by atoms with E-state index < -0.39 is 9.84 Å². The molecule has 2 rings (SSSR count). The molecule has 0 saturated carbocycles. The maximum Gasteiger partial charge on any atom is 0.153 e. The van der Waals surface area contributed by atoms with Crippen LogP contribution in [0.3, 0.4) is 0 Å². The van der Waals surface area contributed by atoms with Crippen molar-refractivity contribution in [1.29, 1.82) is 0 Å². The summed E-state index contributed by atoms with van der Waals surface area (Å²) < 4.78 is 23.2. The molecule has 17 heavy (non-hydrogen) atoms. The van der Waals surface area contributed by atoms with E-state index in [0.29, 0.717) is 6.04 Å². The van der Waals surface area contributed by atoms with Gasteiger partial charge in [-0.25, -0.2) is 8.42 Å². The first-order chi connectivity index (χ1) is 7.89. The van der Waals surface area contributed by atoms with Crippen LogP contribution in [-0.2, 0) is 9.84 Å². The summed E-state index contributed by atoms with van der Waals surface area (Å²) in [6.07, 6.45) is 2.31. The van der Waals surface area contributed by atoms with E-state index in [4.69, 9.17) is 5.73 Å². The minimum absolute atomic E-state index is 0.0347. The summed E-state index contributed by atoms with van der Waals surface area (Å²) in [5.74, 6) is 0.404. The molecule has 0 bridgehead atoms. The molecule has 2 aliphatic heterocycles. The molecule has 3 unspecified atom stereocenters. The summed E-state index contributed by atoms with van der Waals surface area (Å²) in [5.41, 5.74) is 5.99. The average Bonchev–Trinajstić information content (AvgIpc) is 2.69. The van der Waals surface area contributed by atoms with Crippen molar-refractivity contribution in [2.24, 2.45) is 5.73 Å². The second-order valence-electron chi connectivity index (χ2n) is 5.60. The minimum atomic E-state index is -2.91. The molecule has 2 N–H and O–H groups in total. The van der Waals surface area contributed by atoms with E-state index in [1.165, 1.54) is 0 Å². The highest BCUT2D eigenvalue weighted by molar-refractivity contribution is 7.91. The number of nitrogens with zero attached hydrogens (tertiary/aromatic N) is 2. The Balaban J connectivity index is 2.06. The van der Waals surface area contributed by atoms with E-state index >= 15 is 0 Å². The van der Waals surface area contributed by atoms with Gasteiger partial charge in [-0.1, -0.05) is 0 Å². The number of sulfone groups is 1. The number of hydrogen-bond donors (Lipinski definition) is 1. The van der Waals surface area contributed by atoms with Gasteiger partial charge in [0, 0.05) is 24.7 Å². The van der Waals surface area contributed by atoms with Gasteiger partial charge in [0.1, 0.15) is 0 Å². The lowest BCUT2D eigenvalue weighted by Crippen LogP contribution is -2.51. The van der Waals surface area contributed by atoms with E-state index in [9.17, 15) is 8.42 Å². The Labute approximate surface area is 104 Å². The maximum absolute atomic E-state index is 11.6. The molecule has 0 aromatic carbocycles. The van der Waals surface area contributed by atoms with E-state index in [1.807, 2.05) is 0 Å². The summed E-state index contributed by atoms with van der Waals surface area (Å²) in [6, 6.07) is 0.296. The molecular weight excluding hydrogens is 238 g/mol. The molecule has 5 nitrogen and oxygen atoms in total. The molecular formula is C11H23N3O2S. The van der Waals surface area contributed by atoms with Crippen molar-refractivity contribution in [3.8, 4) is 0 Å². The van der Waals surface area contributed by atoms with Crippen molar-refractivity contribution in [1.82, 2.24) is 9.80 Å². The van der Waals surface area contributed by atoms with Crippen LogP contribution in [0.5, 0.6) is 0 Å². The standard InChI is InChI=1S/C11H23N3O2S/c1-13(2)6-9-4-3-5-14(9)11-8-17(15,16)7-10(11)12/h9-11H,3-8,12H2,1-2H3. The van der Waals surface area contributed by atoms with Crippen molar-refractivity contribution in [3.63, 3.8) is 0 Å². The average molecular weight is 261 g/mol. The van der Waals surface area contributed by atoms with E-state index in [-0.39, 0.29) is 23.6 Å². The number of hydrogen-bond acceptors (Lipinski definition) is 5. The summed E-state index contributed by atoms with van der Waals surface area (Å²) in [4.78, 5) is 4.49. The van der Waals surface area contributed by atoms with Gasteiger partial charge < -0.3 is 10.6 Å². The molecule has 6 heteroatoms. The molecule has 2 heterocycles. The van der Waals surface area contributed by atoms with Gasteiger partial charge in [-0.3, -0.25) is 4.90 Å². The Morgan fingerprint density at radius 3 is 2.59 bits per heavy atom. The third kappa shape index (κ3) is 2.99. The van der Waals surface area contributed by atoms with Crippen molar-refractivity contribution in [3.05, 3.63) is 0 Å². The minimum Gasteiger partial charge on any atom is -0.325 e. The van der Waals surface area contributed by atoms with Crippen molar-refractivity contribution >= 4 is 9.84 Å². The molecule has 0 spiro atoms.